The summed E-state index contributed by atoms with van der Waals surface area (Å²) in [7, 11) is 0. The maximum Gasteiger partial charge on any atom is 0.276 e. The maximum atomic E-state index is 12.5. The molecule has 0 radical (unpaired) electrons. The summed E-state index contributed by atoms with van der Waals surface area (Å²) in [4.78, 5) is 23.1. The topological polar surface area (TPSA) is 78.3 Å². The van der Waals surface area contributed by atoms with Gasteiger partial charge in [-0.2, -0.15) is 0 Å². The molecule has 24 heavy (non-hydrogen) atoms. The first-order valence-corrected chi connectivity index (χ1v) is 8.34. The summed E-state index contributed by atoms with van der Waals surface area (Å²) in [6, 6.07) is 7.31. The van der Waals surface area contributed by atoms with Gasteiger partial charge >= 0.3 is 0 Å². The third-order valence-electron chi connectivity index (χ3n) is 3.95. The van der Waals surface area contributed by atoms with Crippen molar-refractivity contribution >= 4 is 29.1 Å². The lowest BCUT2D eigenvalue weighted by Gasteiger charge is -2.16. The van der Waals surface area contributed by atoms with Crippen molar-refractivity contribution in [1.82, 2.24) is 9.97 Å². The van der Waals surface area contributed by atoms with E-state index in [4.69, 9.17) is 16.7 Å². The second kappa shape index (κ2) is 7.59. The highest BCUT2D eigenvalue weighted by molar-refractivity contribution is 6.34. The second-order valence-corrected chi connectivity index (χ2v) is 6.09. The van der Waals surface area contributed by atoms with Crippen LogP contribution in [0.25, 0.3) is 0 Å². The number of hydrogen-bond acceptors (Lipinski definition) is 5. The highest BCUT2D eigenvalue weighted by atomic mass is 35.5. The van der Waals surface area contributed by atoms with Crippen molar-refractivity contribution in [3.05, 3.63) is 46.7 Å². The molecule has 1 fully saturated rings. The monoisotopic (exact) mass is 346 g/mol. The first-order chi connectivity index (χ1) is 11.7. The van der Waals surface area contributed by atoms with E-state index in [1.165, 1.54) is 6.20 Å². The van der Waals surface area contributed by atoms with Crippen LogP contribution in [0.15, 0.2) is 30.5 Å². The number of aromatic nitrogens is 2. The number of carbonyl (C=O) groups is 1. The van der Waals surface area contributed by atoms with Gasteiger partial charge in [-0.25, -0.2) is 9.97 Å². The summed E-state index contributed by atoms with van der Waals surface area (Å²) in [6.45, 7) is 1.89. The Morgan fingerprint density at radius 2 is 1.96 bits per heavy atom. The molecule has 1 aromatic heterocycles. The van der Waals surface area contributed by atoms with Crippen LogP contribution in [0.4, 0.5) is 11.6 Å². The Kier molecular flexibility index (Phi) is 5.27. The van der Waals surface area contributed by atoms with Crippen molar-refractivity contribution in [2.75, 3.05) is 29.9 Å². The number of nitrogens with zero attached hydrogens (tertiary/aromatic N) is 3. The molecule has 7 heteroatoms. The molecule has 3 rings (SSSR count). The van der Waals surface area contributed by atoms with Crippen LogP contribution in [-0.4, -0.2) is 40.7 Å². The average Bonchev–Trinajstić information content (AvgIpc) is 3.12. The predicted molar refractivity (Wildman–Crippen MR) is 93.7 cm³/mol. The van der Waals surface area contributed by atoms with Crippen LogP contribution < -0.4 is 10.2 Å². The molecule has 2 aromatic rings. The molecule has 0 saturated carbocycles. The van der Waals surface area contributed by atoms with E-state index >= 15 is 0 Å². The van der Waals surface area contributed by atoms with Crippen LogP contribution >= 0.6 is 11.6 Å². The molecule has 2 N–H and O–H groups in total. The van der Waals surface area contributed by atoms with E-state index in [9.17, 15) is 4.79 Å². The number of aliphatic hydroxyl groups excluding tert-OH is 1. The number of anilines is 2. The summed E-state index contributed by atoms with van der Waals surface area (Å²) in [6.07, 6.45) is 4.27. The van der Waals surface area contributed by atoms with Crippen LogP contribution in [0.2, 0.25) is 5.02 Å². The van der Waals surface area contributed by atoms with E-state index in [-0.39, 0.29) is 23.2 Å². The lowest BCUT2D eigenvalue weighted by atomic mass is 10.1. The molecule has 1 saturated heterocycles. The lowest BCUT2D eigenvalue weighted by Crippen LogP contribution is -2.23. The van der Waals surface area contributed by atoms with Gasteiger partial charge in [0.2, 0.25) is 5.95 Å². The molecule has 0 unspecified atom stereocenters. The second-order valence-electron chi connectivity index (χ2n) is 5.69. The molecule has 0 bridgehead atoms. The molecular formula is C17H19ClN4O2. The van der Waals surface area contributed by atoms with E-state index in [2.05, 4.69) is 20.2 Å². The molecule has 1 aliphatic rings. The fraction of sp³-hybridized carbons (Fsp3) is 0.353. The van der Waals surface area contributed by atoms with E-state index in [1.54, 1.807) is 12.1 Å². The van der Waals surface area contributed by atoms with Crippen LogP contribution in [0, 0.1) is 0 Å². The van der Waals surface area contributed by atoms with E-state index in [0.717, 1.165) is 31.5 Å². The van der Waals surface area contributed by atoms with Crippen molar-refractivity contribution < 1.29 is 9.90 Å². The van der Waals surface area contributed by atoms with Crippen molar-refractivity contribution in [2.45, 2.75) is 19.3 Å². The normalized spacial score (nSPS) is 14.0. The van der Waals surface area contributed by atoms with E-state index < -0.39 is 0 Å². The third kappa shape index (κ3) is 3.83. The van der Waals surface area contributed by atoms with Gasteiger partial charge < -0.3 is 15.3 Å². The van der Waals surface area contributed by atoms with Gasteiger partial charge in [-0.1, -0.05) is 23.7 Å². The van der Waals surface area contributed by atoms with Crippen molar-refractivity contribution in [3.63, 3.8) is 0 Å². The van der Waals surface area contributed by atoms with Crippen LogP contribution in [0.1, 0.15) is 28.9 Å². The van der Waals surface area contributed by atoms with Crippen LogP contribution in [0.5, 0.6) is 0 Å². The number of carbonyl (C=O) groups excluding carboxylic acids is 1. The smallest absolute Gasteiger partial charge is 0.276 e. The Bertz CT molecular complexity index is 715. The molecule has 0 spiro atoms. The predicted octanol–water partition coefficient (Wildman–Crippen LogP) is 2.52. The molecule has 1 amide bonds. The van der Waals surface area contributed by atoms with Gasteiger partial charge in [0.15, 0.2) is 5.69 Å². The van der Waals surface area contributed by atoms with Crippen molar-refractivity contribution in [2.24, 2.45) is 0 Å². The third-order valence-corrected chi connectivity index (χ3v) is 4.22. The summed E-state index contributed by atoms with van der Waals surface area (Å²) in [5.41, 5.74) is 1.83. The first kappa shape index (κ1) is 16.7. The molecule has 126 valence electrons. The summed E-state index contributed by atoms with van der Waals surface area (Å²) >= 11 is 6.10. The van der Waals surface area contributed by atoms with Gasteiger partial charge in [-0.05, 0) is 37.0 Å². The number of rotatable bonds is 5. The van der Waals surface area contributed by atoms with Gasteiger partial charge in [0, 0.05) is 25.4 Å². The van der Waals surface area contributed by atoms with Gasteiger partial charge in [-0.3, -0.25) is 4.79 Å². The molecule has 2 heterocycles. The minimum Gasteiger partial charge on any atom is -0.396 e. The molecule has 1 aromatic carbocycles. The van der Waals surface area contributed by atoms with E-state index in [1.807, 2.05) is 12.1 Å². The number of nitrogens with one attached hydrogen (secondary N) is 1. The molecule has 0 aliphatic carbocycles. The Balaban J connectivity index is 1.75. The number of halogens is 1. The first-order valence-electron chi connectivity index (χ1n) is 7.96. The standard InChI is InChI=1S/C17H19ClN4O2/c18-14-11-19-17(22-8-1-2-9-22)21-15(14)16(24)20-13-5-3-12(4-6-13)7-10-23/h3-6,11,23H,1-2,7-10H2,(H,20,24). The Morgan fingerprint density at radius 1 is 1.25 bits per heavy atom. The molecular weight excluding hydrogens is 328 g/mol. The average molecular weight is 347 g/mol. The van der Waals surface area contributed by atoms with Gasteiger partial charge in [0.1, 0.15) is 0 Å². The van der Waals surface area contributed by atoms with Gasteiger partial charge in [-0.15, -0.1) is 0 Å². The zero-order chi connectivity index (χ0) is 16.9. The number of hydrogen-bond donors (Lipinski definition) is 2. The SMILES string of the molecule is O=C(Nc1ccc(CCO)cc1)c1nc(N2CCCC2)ncc1Cl. The highest BCUT2D eigenvalue weighted by Gasteiger charge is 2.19. The number of benzene rings is 1. The van der Waals surface area contributed by atoms with Crippen molar-refractivity contribution in [1.29, 1.82) is 0 Å². The minimum absolute atomic E-state index is 0.0987. The fourth-order valence-electron chi connectivity index (χ4n) is 2.66. The zero-order valence-electron chi connectivity index (χ0n) is 13.2. The zero-order valence-corrected chi connectivity index (χ0v) is 14.0. The molecule has 6 nitrogen and oxygen atoms in total. The quantitative estimate of drug-likeness (QED) is 0.869. The summed E-state index contributed by atoms with van der Waals surface area (Å²) in [5.74, 6) is 0.179. The van der Waals surface area contributed by atoms with Crippen LogP contribution in [-0.2, 0) is 6.42 Å². The number of aliphatic hydroxyl groups is 1. The van der Waals surface area contributed by atoms with Gasteiger partial charge in [0.05, 0.1) is 11.2 Å². The van der Waals surface area contributed by atoms with E-state index in [0.29, 0.717) is 18.1 Å². The summed E-state index contributed by atoms with van der Waals surface area (Å²) in [5, 5.41) is 11.9. The van der Waals surface area contributed by atoms with Crippen LogP contribution in [0.3, 0.4) is 0 Å². The minimum atomic E-state index is -0.363. The maximum absolute atomic E-state index is 12.5. The molecule has 1 aliphatic heterocycles. The Labute approximate surface area is 145 Å². The van der Waals surface area contributed by atoms with Crippen molar-refractivity contribution in [3.8, 4) is 0 Å². The Morgan fingerprint density at radius 3 is 2.62 bits per heavy atom. The lowest BCUT2D eigenvalue weighted by molar-refractivity contribution is 0.102. The number of amides is 1. The molecule has 0 atom stereocenters. The highest BCUT2D eigenvalue weighted by Crippen LogP contribution is 2.21. The Hall–Kier alpha value is -2.18. The summed E-state index contributed by atoms with van der Waals surface area (Å²) < 4.78 is 0. The largest absolute Gasteiger partial charge is 0.396 e. The fourth-order valence-corrected chi connectivity index (χ4v) is 2.84. The van der Waals surface area contributed by atoms with Gasteiger partial charge in [0.25, 0.3) is 5.91 Å².